The van der Waals surface area contributed by atoms with Crippen molar-refractivity contribution in [3.8, 4) is 0 Å². The fourth-order valence-corrected chi connectivity index (χ4v) is 3.07. The highest BCUT2D eigenvalue weighted by molar-refractivity contribution is 7.99. The van der Waals surface area contributed by atoms with E-state index in [1.807, 2.05) is 11.8 Å². The van der Waals surface area contributed by atoms with Gasteiger partial charge in [-0.1, -0.05) is 0 Å². The molecule has 102 valence electrons. The van der Waals surface area contributed by atoms with E-state index in [4.69, 9.17) is 5.73 Å². The molecular weight excluding hydrogens is 266 g/mol. The molecule has 0 unspecified atom stereocenters. The Morgan fingerprint density at radius 3 is 2.74 bits per heavy atom. The molecule has 0 aromatic heterocycles. The van der Waals surface area contributed by atoms with E-state index < -0.39 is 4.92 Å². The predicted octanol–water partition coefficient (Wildman–Crippen LogP) is 1.80. The van der Waals surface area contributed by atoms with Gasteiger partial charge in [0.2, 0.25) is 0 Å². The molecule has 1 aromatic rings. The lowest BCUT2D eigenvalue weighted by atomic mass is 10.1. The van der Waals surface area contributed by atoms with Crippen LogP contribution in [-0.4, -0.2) is 28.4 Å². The number of benzene rings is 1. The number of nitro benzene ring substituents is 1. The highest BCUT2D eigenvalue weighted by Crippen LogP contribution is 2.21. The van der Waals surface area contributed by atoms with Crippen molar-refractivity contribution >= 4 is 29.0 Å². The lowest BCUT2D eigenvalue weighted by Gasteiger charge is -2.22. The third-order valence-electron chi connectivity index (χ3n) is 3.05. The molecule has 6 nitrogen and oxygen atoms in total. The van der Waals surface area contributed by atoms with Gasteiger partial charge in [0.25, 0.3) is 11.6 Å². The second-order valence-electron chi connectivity index (χ2n) is 4.39. The van der Waals surface area contributed by atoms with Crippen LogP contribution in [0.5, 0.6) is 0 Å². The number of carbonyl (C=O) groups is 1. The number of nitrogen functional groups attached to an aromatic ring is 1. The van der Waals surface area contributed by atoms with E-state index in [0.717, 1.165) is 24.3 Å². The summed E-state index contributed by atoms with van der Waals surface area (Å²) in [7, 11) is 0. The molecule has 0 aliphatic carbocycles. The van der Waals surface area contributed by atoms with Crippen molar-refractivity contribution < 1.29 is 9.72 Å². The summed E-state index contributed by atoms with van der Waals surface area (Å²) in [5, 5.41) is 13.6. The highest BCUT2D eigenvalue weighted by atomic mass is 32.2. The molecule has 0 bridgehead atoms. The van der Waals surface area contributed by atoms with Crippen LogP contribution in [0.15, 0.2) is 18.2 Å². The van der Waals surface area contributed by atoms with Gasteiger partial charge in [-0.25, -0.2) is 0 Å². The number of anilines is 1. The largest absolute Gasteiger partial charge is 0.398 e. The number of nitrogens with one attached hydrogen (secondary N) is 1. The Kier molecular flexibility index (Phi) is 4.26. The minimum Gasteiger partial charge on any atom is -0.398 e. The van der Waals surface area contributed by atoms with Gasteiger partial charge in [0, 0.05) is 23.9 Å². The Balaban J connectivity index is 2.13. The van der Waals surface area contributed by atoms with E-state index in [-0.39, 0.29) is 28.9 Å². The quantitative estimate of drug-likeness (QED) is 0.500. The van der Waals surface area contributed by atoms with Crippen LogP contribution in [0.25, 0.3) is 0 Å². The summed E-state index contributed by atoms with van der Waals surface area (Å²) in [5.74, 6) is 1.71. The first-order chi connectivity index (χ1) is 9.08. The second kappa shape index (κ2) is 5.92. The Morgan fingerprint density at radius 2 is 2.11 bits per heavy atom. The van der Waals surface area contributed by atoms with Crippen LogP contribution in [0.1, 0.15) is 23.2 Å². The van der Waals surface area contributed by atoms with Gasteiger partial charge in [-0.2, -0.15) is 11.8 Å². The van der Waals surface area contributed by atoms with Gasteiger partial charge in [0.05, 0.1) is 10.5 Å². The first-order valence-corrected chi connectivity index (χ1v) is 7.16. The fraction of sp³-hybridized carbons (Fsp3) is 0.417. The standard InChI is InChI=1S/C12H15N3O3S/c13-11-2-1-9(15(17)18)7-10(11)12(16)14-8-3-5-19-6-4-8/h1-2,7-8H,3-6,13H2,(H,14,16). The third-order valence-corrected chi connectivity index (χ3v) is 4.10. The van der Waals surface area contributed by atoms with Gasteiger partial charge in [0.1, 0.15) is 0 Å². The van der Waals surface area contributed by atoms with Crippen LogP contribution in [0.4, 0.5) is 11.4 Å². The normalized spacial score (nSPS) is 16.0. The molecule has 19 heavy (non-hydrogen) atoms. The van der Waals surface area contributed by atoms with Crippen LogP contribution in [0.2, 0.25) is 0 Å². The molecule has 1 saturated heterocycles. The van der Waals surface area contributed by atoms with E-state index >= 15 is 0 Å². The molecule has 1 aliphatic rings. The molecular formula is C12H15N3O3S. The molecule has 0 atom stereocenters. The number of non-ortho nitro benzene ring substituents is 1. The molecule has 1 amide bonds. The van der Waals surface area contributed by atoms with Crippen molar-refractivity contribution in [3.05, 3.63) is 33.9 Å². The van der Waals surface area contributed by atoms with Crippen molar-refractivity contribution in [2.45, 2.75) is 18.9 Å². The molecule has 3 N–H and O–H groups in total. The first-order valence-electron chi connectivity index (χ1n) is 6.00. The van der Waals surface area contributed by atoms with Crippen molar-refractivity contribution in [2.75, 3.05) is 17.2 Å². The highest BCUT2D eigenvalue weighted by Gasteiger charge is 2.20. The zero-order valence-corrected chi connectivity index (χ0v) is 11.1. The Morgan fingerprint density at radius 1 is 1.42 bits per heavy atom. The first kappa shape index (κ1) is 13.7. The number of carbonyl (C=O) groups excluding carboxylic acids is 1. The van der Waals surface area contributed by atoms with E-state index in [0.29, 0.717) is 0 Å². The van der Waals surface area contributed by atoms with Gasteiger partial charge in [-0.3, -0.25) is 14.9 Å². The molecule has 1 aromatic carbocycles. The van der Waals surface area contributed by atoms with Gasteiger partial charge in [-0.15, -0.1) is 0 Å². The molecule has 1 fully saturated rings. The molecule has 7 heteroatoms. The lowest BCUT2D eigenvalue weighted by Crippen LogP contribution is -2.37. The van der Waals surface area contributed by atoms with E-state index in [1.165, 1.54) is 18.2 Å². The summed E-state index contributed by atoms with van der Waals surface area (Å²) in [4.78, 5) is 22.3. The zero-order valence-electron chi connectivity index (χ0n) is 10.3. The Bertz CT molecular complexity index is 501. The SMILES string of the molecule is Nc1ccc([N+](=O)[O-])cc1C(=O)NC1CCSCC1. The van der Waals surface area contributed by atoms with Crippen molar-refractivity contribution in [2.24, 2.45) is 0 Å². The Labute approximate surface area is 114 Å². The fourth-order valence-electron chi connectivity index (χ4n) is 1.96. The maximum atomic E-state index is 12.1. The molecule has 1 aliphatic heterocycles. The maximum absolute atomic E-state index is 12.1. The second-order valence-corrected chi connectivity index (χ2v) is 5.61. The van der Waals surface area contributed by atoms with Crippen molar-refractivity contribution in [1.82, 2.24) is 5.32 Å². The van der Waals surface area contributed by atoms with Crippen LogP contribution in [0.3, 0.4) is 0 Å². The van der Waals surface area contributed by atoms with Crippen LogP contribution >= 0.6 is 11.8 Å². The number of amides is 1. The van der Waals surface area contributed by atoms with E-state index in [2.05, 4.69) is 5.32 Å². The van der Waals surface area contributed by atoms with E-state index in [9.17, 15) is 14.9 Å². The van der Waals surface area contributed by atoms with Crippen LogP contribution < -0.4 is 11.1 Å². The molecule has 0 spiro atoms. The summed E-state index contributed by atoms with van der Waals surface area (Å²) in [6.07, 6.45) is 1.84. The third kappa shape index (κ3) is 3.37. The number of hydrogen-bond donors (Lipinski definition) is 2. The smallest absolute Gasteiger partial charge is 0.270 e. The number of hydrogen-bond acceptors (Lipinski definition) is 5. The topological polar surface area (TPSA) is 98.3 Å². The number of nitrogens with zero attached hydrogens (tertiary/aromatic N) is 1. The number of nitro groups is 1. The zero-order chi connectivity index (χ0) is 13.8. The summed E-state index contributed by atoms with van der Waals surface area (Å²) in [5.41, 5.74) is 6.01. The number of nitrogens with two attached hydrogens (primary N) is 1. The predicted molar refractivity (Wildman–Crippen MR) is 75.3 cm³/mol. The van der Waals surface area contributed by atoms with Gasteiger partial charge in [0.15, 0.2) is 0 Å². The van der Waals surface area contributed by atoms with E-state index in [1.54, 1.807) is 0 Å². The van der Waals surface area contributed by atoms with Gasteiger partial charge in [-0.05, 0) is 30.4 Å². The maximum Gasteiger partial charge on any atom is 0.270 e. The minimum absolute atomic E-state index is 0.126. The number of rotatable bonds is 3. The lowest BCUT2D eigenvalue weighted by molar-refractivity contribution is -0.384. The van der Waals surface area contributed by atoms with Crippen LogP contribution in [0, 0.1) is 10.1 Å². The number of thioether (sulfide) groups is 1. The molecule has 0 radical (unpaired) electrons. The average molecular weight is 281 g/mol. The monoisotopic (exact) mass is 281 g/mol. The Hall–Kier alpha value is -1.76. The summed E-state index contributed by atoms with van der Waals surface area (Å²) >= 11 is 1.87. The van der Waals surface area contributed by atoms with Crippen LogP contribution in [-0.2, 0) is 0 Å². The minimum atomic E-state index is -0.534. The molecule has 2 rings (SSSR count). The van der Waals surface area contributed by atoms with Crippen molar-refractivity contribution in [1.29, 1.82) is 0 Å². The molecule has 0 saturated carbocycles. The summed E-state index contributed by atoms with van der Waals surface area (Å²) in [6, 6.07) is 4.04. The molecule has 1 heterocycles. The average Bonchev–Trinajstić information content (AvgIpc) is 2.40. The van der Waals surface area contributed by atoms with Crippen molar-refractivity contribution in [3.63, 3.8) is 0 Å². The van der Waals surface area contributed by atoms with Gasteiger partial charge < -0.3 is 11.1 Å². The summed E-state index contributed by atoms with van der Waals surface area (Å²) < 4.78 is 0. The van der Waals surface area contributed by atoms with Gasteiger partial charge >= 0.3 is 0 Å². The summed E-state index contributed by atoms with van der Waals surface area (Å²) in [6.45, 7) is 0.